The van der Waals surface area contributed by atoms with Gasteiger partial charge in [0.05, 0.1) is 6.26 Å². The molecule has 1 aromatic rings. The first kappa shape index (κ1) is 15.1. The Morgan fingerprint density at radius 2 is 2.40 bits per heavy atom. The van der Waals surface area contributed by atoms with Gasteiger partial charge in [-0.05, 0) is 37.4 Å². The van der Waals surface area contributed by atoms with Crippen molar-refractivity contribution < 1.29 is 9.21 Å². The Hall–Kier alpha value is -1.29. The van der Waals surface area contributed by atoms with Crippen molar-refractivity contribution in [2.45, 2.75) is 45.6 Å². The molecule has 1 aromatic heterocycles. The van der Waals surface area contributed by atoms with Crippen LogP contribution in [0.2, 0.25) is 0 Å². The highest BCUT2D eigenvalue weighted by molar-refractivity contribution is 5.76. The van der Waals surface area contributed by atoms with Gasteiger partial charge in [-0.3, -0.25) is 4.79 Å². The van der Waals surface area contributed by atoms with E-state index in [4.69, 9.17) is 4.42 Å². The second-order valence-corrected chi connectivity index (χ2v) is 6.07. The van der Waals surface area contributed by atoms with Crippen molar-refractivity contribution in [1.82, 2.24) is 10.2 Å². The van der Waals surface area contributed by atoms with Crippen LogP contribution in [-0.2, 0) is 11.2 Å². The number of rotatable bonds is 7. The highest BCUT2D eigenvalue weighted by Crippen LogP contribution is 2.12. The molecule has 1 aliphatic rings. The predicted octanol–water partition coefficient (Wildman–Crippen LogP) is 2.45. The van der Waals surface area contributed by atoms with E-state index in [2.05, 4.69) is 19.2 Å². The number of aryl methyl sites for hydroxylation is 1. The Labute approximate surface area is 121 Å². The van der Waals surface area contributed by atoms with Crippen molar-refractivity contribution in [2.24, 2.45) is 5.92 Å². The van der Waals surface area contributed by atoms with E-state index in [-0.39, 0.29) is 5.91 Å². The molecule has 0 spiro atoms. The molecule has 1 saturated heterocycles. The van der Waals surface area contributed by atoms with E-state index in [1.165, 1.54) is 12.8 Å². The third-order valence-electron chi connectivity index (χ3n) is 3.71. The van der Waals surface area contributed by atoms with E-state index in [1.807, 2.05) is 17.0 Å². The van der Waals surface area contributed by atoms with Crippen LogP contribution in [0.3, 0.4) is 0 Å². The van der Waals surface area contributed by atoms with Gasteiger partial charge < -0.3 is 14.6 Å². The van der Waals surface area contributed by atoms with E-state index in [1.54, 1.807) is 6.26 Å². The molecule has 1 amide bonds. The van der Waals surface area contributed by atoms with Gasteiger partial charge in [0.2, 0.25) is 5.91 Å². The SMILES string of the molecule is CC(C)CN(CC1CCCN1)C(=O)CCc1ccco1. The van der Waals surface area contributed by atoms with Gasteiger partial charge in [-0.25, -0.2) is 0 Å². The van der Waals surface area contributed by atoms with E-state index >= 15 is 0 Å². The molecule has 0 saturated carbocycles. The minimum absolute atomic E-state index is 0.240. The first-order valence-corrected chi connectivity index (χ1v) is 7.68. The lowest BCUT2D eigenvalue weighted by molar-refractivity contribution is -0.132. The normalized spacial score (nSPS) is 18.6. The van der Waals surface area contributed by atoms with Crippen LogP contribution >= 0.6 is 0 Å². The molecule has 112 valence electrons. The van der Waals surface area contributed by atoms with Gasteiger partial charge in [-0.15, -0.1) is 0 Å². The molecule has 4 heteroatoms. The minimum atomic E-state index is 0.240. The van der Waals surface area contributed by atoms with Crippen LogP contribution in [0.4, 0.5) is 0 Å². The molecular formula is C16H26N2O2. The maximum absolute atomic E-state index is 12.4. The number of hydrogen-bond acceptors (Lipinski definition) is 3. The molecule has 2 rings (SSSR count). The maximum Gasteiger partial charge on any atom is 0.223 e. The summed E-state index contributed by atoms with van der Waals surface area (Å²) in [5, 5.41) is 3.47. The summed E-state index contributed by atoms with van der Waals surface area (Å²) < 4.78 is 5.30. The van der Waals surface area contributed by atoms with Gasteiger partial charge >= 0.3 is 0 Å². The topological polar surface area (TPSA) is 45.5 Å². The maximum atomic E-state index is 12.4. The summed E-state index contributed by atoms with van der Waals surface area (Å²) in [7, 11) is 0. The van der Waals surface area contributed by atoms with Crippen LogP contribution in [0.1, 0.15) is 38.9 Å². The molecule has 4 nitrogen and oxygen atoms in total. The highest BCUT2D eigenvalue weighted by atomic mass is 16.3. The number of hydrogen-bond donors (Lipinski definition) is 1. The smallest absolute Gasteiger partial charge is 0.223 e. The first-order valence-electron chi connectivity index (χ1n) is 7.68. The van der Waals surface area contributed by atoms with Crippen LogP contribution in [0.25, 0.3) is 0 Å². The highest BCUT2D eigenvalue weighted by Gasteiger charge is 2.22. The number of carbonyl (C=O) groups is 1. The number of amides is 1. The quantitative estimate of drug-likeness (QED) is 0.833. The third-order valence-corrected chi connectivity index (χ3v) is 3.71. The van der Waals surface area contributed by atoms with E-state index < -0.39 is 0 Å². The van der Waals surface area contributed by atoms with Crippen molar-refractivity contribution in [3.63, 3.8) is 0 Å². The fourth-order valence-electron chi connectivity index (χ4n) is 2.74. The van der Waals surface area contributed by atoms with Crippen LogP contribution in [0.15, 0.2) is 22.8 Å². The Bertz CT molecular complexity index is 395. The largest absolute Gasteiger partial charge is 0.469 e. The zero-order valence-electron chi connectivity index (χ0n) is 12.6. The lowest BCUT2D eigenvalue weighted by Crippen LogP contribution is -2.42. The monoisotopic (exact) mass is 278 g/mol. The number of carbonyl (C=O) groups excluding carboxylic acids is 1. The second-order valence-electron chi connectivity index (χ2n) is 6.07. The second kappa shape index (κ2) is 7.48. The number of furan rings is 1. The van der Waals surface area contributed by atoms with Gasteiger partial charge in [0.1, 0.15) is 5.76 Å². The molecule has 1 fully saturated rings. The fourth-order valence-corrected chi connectivity index (χ4v) is 2.74. The van der Waals surface area contributed by atoms with E-state index in [9.17, 15) is 4.79 Å². The first-order chi connectivity index (χ1) is 9.65. The Kier molecular flexibility index (Phi) is 5.65. The standard InChI is InChI=1S/C16H26N2O2/c1-13(2)11-18(12-14-5-3-9-17-14)16(19)8-7-15-6-4-10-20-15/h4,6,10,13-14,17H,3,5,7-9,11-12H2,1-2H3. The van der Waals surface area contributed by atoms with Crippen molar-refractivity contribution in [3.05, 3.63) is 24.2 Å². The molecule has 0 aromatic carbocycles. The van der Waals surface area contributed by atoms with E-state index in [0.717, 1.165) is 25.4 Å². The predicted molar refractivity (Wildman–Crippen MR) is 79.5 cm³/mol. The zero-order chi connectivity index (χ0) is 14.4. The lowest BCUT2D eigenvalue weighted by atomic mass is 10.1. The summed E-state index contributed by atoms with van der Waals surface area (Å²) in [6.45, 7) is 7.09. The molecule has 20 heavy (non-hydrogen) atoms. The Morgan fingerprint density at radius 1 is 1.55 bits per heavy atom. The minimum Gasteiger partial charge on any atom is -0.469 e. The Balaban J connectivity index is 1.85. The average molecular weight is 278 g/mol. The average Bonchev–Trinajstić information content (AvgIpc) is 3.07. The summed E-state index contributed by atoms with van der Waals surface area (Å²) in [5.41, 5.74) is 0. The van der Waals surface area contributed by atoms with Crippen molar-refractivity contribution in [3.8, 4) is 0 Å². The molecule has 1 atom stereocenters. The molecule has 0 aliphatic carbocycles. The molecule has 2 heterocycles. The number of nitrogens with zero attached hydrogens (tertiary/aromatic N) is 1. The van der Waals surface area contributed by atoms with Crippen molar-refractivity contribution >= 4 is 5.91 Å². The summed E-state index contributed by atoms with van der Waals surface area (Å²) in [4.78, 5) is 14.4. The summed E-state index contributed by atoms with van der Waals surface area (Å²) >= 11 is 0. The molecular weight excluding hydrogens is 252 g/mol. The van der Waals surface area contributed by atoms with Crippen molar-refractivity contribution in [2.75, 3.05) is 19.6 Å². The Morgan fingerprint density at radius 3 is 3.00 bits per heavy atom. The van der Waals surface area contributed by atoms with Gasteiger partial charge in [-0.1, -0.05) is 13.8 Å². The van der Waals surface area contributed by atoms with Gasteiger partial charge in [0.15, 0.2) is 0 Å². The van der Waals surface area contributed by atoms with Crippen LogP contribution < -0.4 is 5.32 Å². The zero-order valence-corrected chi connectivity index (χ0v) is 12.6. The van der Waals surface area contributed by atoms with Gasteiger partial charge in [0.25, 0.3) is 0 Å². The number of nitrogens with one attached hydrogen (secondary N) is 1. The summed E-state index contributed by atoms with van der Waals surface area (Å²) in [6, 6.07) is 4.27. The van der Waals surface area contributed by atoms with Crippen molar-refractivity contribution in [1.29, 1.82) is 0 Å². The lowest BCUT2D eigenvalue weighted by Gasteiger charge is -2.27. The van der Waals surface area contributed by atoms with Crippen LogP contribution in [-0.4, -0.2) is 36.5 Å². The summed E-state index contributed by atoms with van der Waals surface area (Å²) in [6.07, 6.45) is 5.29. The van der Waals surface area contributed by atoms with Gasteiger partial charge in [0, 0.05) is 32.0 Å². The molecule has 0 radical (unpaired) electrons. The van der Waals surface area contributed by atoms with Gasteiger partial charge in [-0.2, -0.15) is 0 Å². The fraction of sp³-hybridized carbons (Fsp3) is 0.688. The van der Waals surface area contributed by atoms with E-state index in [0.29, 0.717) is 24.8 Å². The molecule has 1 unspecified atom stereocenters. The molecule has 1 aliphatic heterocycles. The molecule has 1 N–H and O–H groups in total. The van der Waals surface area contributed by atoms with Crippen LogP contribution in [0.5, 0.6) is 0 Å². The summed E-state index contributed by atoms with van der Waals surface area (Å²) in [5.74, 6) is 1.63. The van der Waals surface area contributed by atoms with Crippen LogP contribution in [0, 0.1) is 5.92 Å². The third kappa shape index (κ3) is 4.67. The molecule has 0 bridgehead atoms.